The number of halogens is 1. The zero-order valence-electron chi connectivity index (χ0n) is 12.5. The van der Waals surface area contributed by atoms with Crippen LogP contribution < -0.4 is 5.32 Å². The molecule has 0 saturated heterocycles. The maximum absolute atomic E-state index is 12.5. The van der Waals surface area contributed by atoms with E-state index in [0.29, 0.717) is 23.3 Å². The van der Waals surface area contributed by atoms with E-state index in [1.807, 2.05) is 6.92 Å². The van der Waals surface area contributed by atoms with Gasteiger partial charge < -0.3 is 5.32 Å². The third-order valence-corrected chi connectivity index (χ3v) is 5.88. The van der Waals surface area contributed by atoms with Crippen molar-refractivity contribution >= 4 is 27.4 Å². The molecule has 0 radical (unpaired) electrons. The smallest absolute Gasteiger partial charge is 0.244 e. The maximum atomic E-state index is 12.5. The van der Waals surface area contributed by atoms with Crippen LogP contribution in [0.2, 0.25) is 5.02 Å². The first-order chi connectivity index (χ1) is 9.95. The highest BCUT2D eigenvalue weighted by atomic mass is 35.5. The van der Waals surface area contributed by atoms with Crippen molar-refractivity contribution in [1.29, 1.82) is 0 Å². The Labute approximate surface area is 131 Å². The number of pyridine rings is 1. The summed E-state index contributed by atoms with van der Waals surface area (Å²) in [6, 6.07) is 1.47. The Kier molecular flexibility index (Phi) is 5.46. The summed E-state index contributed by atoms with van der Waals surface area (Å²) in [6.07, 6.45) is 5.74. The number of aromatic nitrogens is 1. The second-order valence-electron chi connectivity index (χ2n) is 5.51. The molecule has 0 spiro atoms. The zero-order valence-corrected chi connectivity index (χ0v) is 14.0. The van der Waals surface area contributed by atoms with Crippen molar-refractivity contribution in [3.05, 3.63) is 17.3 Å². The molecule has 1 aliphatic carbocycles. The summed E-state index contributed by atoms with van der Waals surface area (Å²) in [6.45, 7) is 3.35. The molecule has 1 saturated carbocycles. The first kappa shape index (κ1) is 16.5. The molecule has 7 heteroatoms. The summed E-state index contributed by atoms with van der Waals surface area (Å²) in [5, 5.41) is 3.40. The fourth-order valence-electron chi connectivity index (χ4n) is 2.25. The average molecular weight is 332 g/mol. The van der Waals surface area contributed by atoms with Crippen LogP contribution >= 0.6 is 11.6 Å². The zero-order chi connectivity index (χ0) is 15.5. The summed E-state index contributed by atoms with van der Waals surface area (Å²) >= 11 is 6.11. The minimum atomic E-state index is -3.51. The molecule has 0 atom stereocenters. The Morgan fingerprint density at radius 2 is 2.19 bits per heavy atom. The van der Waals surface area contributed by atoms with Gasteiger partial charge in [-0.1, -0.05) is 24.9 Å². The van der Waals surface area contributed by atoms with Gasteiger partial charge in [-0.05, 0) is 31.2 Å². The first-order valence-corrected chi connectivity index (χ1v) is 9.12. The van der Waals surface area contributed by atoms with E-state index >= 15 is 0 Å². The normalized spacial score (nSPS) is 16.0. The number of hydrogen-bond donors (Lipinski definition) is 1. The Morgan fingerprint density at radius 1 is 1.48 bits per heavy atom. The van der Waals surface area contributed by atoms with Gasteiger partial charge in [0.05, 0.1) is 5.02 Å². The van der Waals surface area contributed by atoms with E-state index in [4.69, 9.17) is 11.6 Å². The fraction of sp³-hybridized carbons (Fsp3) is 0.643. The second-order valence-corrected chi connectivity index (χ2v) is 7.96. The van der Waals surface area contributed by atoms with Crippen LogP contribution in [0.15, 0.2) is 17.2 Å². The average Bonchev–Trinajstić information content (AvgIpc) is 2.41. The van der Waals surface area contributed by atoms with E-state index in [0.717, 1.165) is 25.8 Å². The third-order valence-electron chi connectivity index (χ3n) is 3.81. The molecule has 0 bridgehead atoms. The van der Waals surface area contributed by atoms with E-state index in [2.05, 4.69) is 10.3 Å². The Balaban J connectivity index is 2.13. The highest BCUT2D eigenvalue weighted by Gasteiger charge is 2.27. The Bertz CT molecular complexity index is 588. The highest BCUT2D eigenvalue weighted by molar-refractivity contribution is 7.89. The van der Waals surface area contributed by atoms with Gasteiger partial charge in [-0.3, -0.25) is 0 Å². The van der Waals surface area contributed by atoms with Crippen molar-refractivity contribution in [1.82, 2.24) is 9.29 Å². The van der Waals surface area contributed by atoms with Crippen LogP contribution in [0, 0.1) is 5.92 Å². The fourth-order valence-corrected chi connectivity index (χ4v) is 3.77. The summed E-state index contributed by atoms with van der Waals surface area (Å²) < 4.78 is 26.4. The van der Waals surface area contributed by atoms with Crippen molar-refractivity contribution in [2.75, 3.05) is 25.5 Å². The van der Waals surface area contributed by atoms with Gasteiger partial charge in [-0.25, -0.2) is 17.7 Å². The number of anilines is 1. The lowest BCUT2D eigenvalue weighted by molar-refractivity contribution is 0.263. The number of rotatable bonds is 7. The maximum Gasteiger partial charge on any atom is 0.244 e. The van der Waals surface area contributed by atoms with Gasteiger partial charge in [0, 0.05) is 26.3 Å². The van der Waals surface area contributed by atoms with Crippen LogP contribution in [0.5, 0.6) is 0 Å². The monoisotopic (exact) mass is 331 g/mol. The summed E-state index contributed by atoms with van der Waals surface area (Å²) in [5.41, 5.74) is 0. The standard InChI is InChI=1S/C14H22ClN3O2S/c1-3-7-16-14-13(15)8-12(9-17-14)21(19,20)18(2)10-11-5-4-6-11/h8-9,11H,3-7,10H2,1-2H3,(H,16,17). The van der Waals surface area contributed by atoms with Crippen LogP contribution in [0.25, 0.3) is 0 Å². The molecule has 118 valence electrons. The molecule has 1 aliphatic rings. The van der Waals surface area contributed by atoms with E-state index in [9.17, 15) is 8.42 Å². The topological polar surface area (TPSA) is 62.3 Å². The van der Waals surface area contributed by atoms with Crippen LogP contribution in [0.3, 0.4) is 0 Å². The molecule has 2 rings (SSSR count). The van der Waals surface area contributed by atoms with Crippen molar-refractivity contribution in [2.45, 2.75) is 37.5 Å². The Hall–Kier alpha value is -0.850. The predicted octanol–water partition coefficient (Wildman–Crippen LogP) is 2.98. The molecule has 1 heterocycles. The molecule has 0 amide bonds. The molecule has 5 nitrogen and oxygen atoms in total. The largest absolute Gasteiger partial charge is 0.369 e. The molecule has 21 heavy (non-hydrogen) atoms. The predicted molar refractivity (Wildman–Crippen MR) is 85.2 cm³/mol. The molecule has 1 aromatic heterocycles. The lowest BCUT2D eigenvalue weighted by atomic mass is 9.86. The minimum absolute atomic E-state index is 0.149. The van der Waals surface area contributed by atoms with Crippen molar-refractivity contribution in [2.24, 2.45) is 5.92 Å². The van der Waals surface area contributed by atoms with Gasteiger partial charge >= 0.3 is 0 Å². The summed E-state index contributed by atoms with van der Waals surface area (Å²) in [4.78, 5) is 4.28. The van der Waals surface area contributed by atoms with Gasteiger partial charge in [0.2, 0.25) is 10.0 Å². The number of nitrogens with zero attached hydrogens (tertiary/aromatic N) is 2. The lowest BCUT2D eigenvalue weighted by Gasteiger charge is -2.29. The van der Waals surface area contributed by atoms with Gasteiger partial charge in [0.15, 0.2) is 0 Å². The molecule has 0 aromatic carbocycles. The van der Waals surface area contributed by atoms with Crippen molar-refractivity contribution < 1.29 is 8.42 Å². The summed E-state index contributed by atoms with van der Waals surface area (Å²) in [7, 11) is -1.90. The van der Waals surface area contributed by atoms with E-state index in [1.54, 1.807) is 7.05 Å². The SMILES string of the molecule is CCCNc1ncc(S(=O)(=O)N(C)CC2CCC2)cc1Cl. The van der Waals surface area contributed by atoms with Crippen LogP contribution in [0.4, 0.5) is 5.82 Å². The van der Waals surface area contributed by atoms with Crippen LogP contribution in [-0.4, -0.2) is 37.8 Å². The van der Waals surface area contributed by atoms with Crippen LogP contribution in [0.1, 0.15) is 32.6 Å². The Morgan fingerprint density at radius 3 is 2.71 bits per heavy atom. The van der Waals surface area contributed by atoms with Crippen molar-refractivity contribution in [3.8, 4) is 0 Å². The molecule has 0 aliphatic heterocycles. The van der Waals surface area contributed by atoms with E-state index in [1.165, 1.54) is 23.0 Å². The number of sulfonamides is 1. The third kappa shape index (κ3) is 3.87. The number of nitrogens with one attached hydrogen (secondary N) is 1. The van der Waals surface area contributed by atoms with Gasteiger partial charge in [0.25, 0.3) is 0 Å². The van der Waals surface area contributed by atoms with E-state index in [-0.39, 0.29) is 4.90 Å². The quantitative estimate of drug-likeness (QED) is 0.834. The lowest BCUT2D eigenvalue weighted by Crippen LogP contribution is -2.34. The van der Waals surface area contributed by atoms with Crippen LogP contribution in [-0.2, 0) is 10.0 Å². The first-order valence-electron chi connectivity index (χ1n) is 7.31. The van der Waals surface area contributed by atoms with Crippen molar-refractivity contribution in [3.63, 3.8) is 0 Å². The molecule has 1 N–H and O–H groups in total. The van der Waals surface area contributed by atoms with Gasteiger partial charge in [-0.2, -0.15) is 0 Å². The highest BCUT2D eigenvalue weighted by Crippen LogP contribution is 2.29. The molecular formula is C14H22ClN3O2S. The minimum Gasteiger partial charge on any atom is -0.369 e. The molecule has 0 unspecified atom stereocenters. The van der Waals surface area contributed by atoms with Gasteiger partial charge in [-0.15, -0.1) is 0 Å². The molecular weight excluding hydrogens is 310 g/mol. The molecule has 1 fully saturated rings. The molecule has 1 aromatic rings. The van der Waals surface area contributed by atoms with E-state index < -0.39 is 10.0 Å². The second kappa shape index (κ2) is 6.94. The van der Waals surface area contributed by atoms with Gasteiger partial charge in [0.1, 0.15) is 10.7 Å². The number of hydrogen-bond acceptors (Lipinski definition) is 4. The summed E-state index contributed by atoms with van der Waals surface area (Å²) in [5.74, 6) is 1.01.